The molecule has 0 atom stereocenters. The number of piperazine rings is 1. The number of sulfonamides is 1. The molecule has 0 amide bonds. The van der Waals surface area contributed by atoms with Gasteiger partial charge >= 0.3 is 0 Å². The summed E-state index contributed by atoms with van der Waals surface area (Å²) in [5.74, 6) is 0. The van der Waals surface area contributed by atoms with Crippen LogP contribution >= 0.6 is 23.2 Å². The fourth-order valence-electron chi connectivity index (χ4n) is 2.72. The number of nitriles is 1. The normalized spacial score (nSPS) is 15.8. The second-order valence-electron chi connectivity index (χ2n) is 5.63. The van der Waals surface area contributed by atoms with Crippen molar-refractivity contribution >= 4 is 38.9 Å². The SMILES string of the molecule is N#Cc1ccc(N2CCN(S(=O)(=O)c3ccc(Cl)c(Cl)c3)CC2)cc1. The zero-order valence-electron chi connectivity index (χ0n) is 13.2. The van der Waals surface area contributed by atoms with Crippen LogP contribution in [0.1, 0.15) is 5.56 Å². The summed E-state index contributed by atoms with van der Waals surface area (Å²) < 4.78 is 26.9. The number of rotatable bonds is 3. The van der Waals surface area contributed by atoms with Gasteiger partial charge in [-0.15, -0.1) is 0 Å². The monoisotopic (exact) mass is 395 g/mol. The lowest BCUT2D eigenvalue weighted by Gasteiger charge is -2.35. The van der Waals surface area contributed by atoms with Gasteiger partial charge in [-0.3, -0.25) is 0 Å². The van der Waals surface area contributed by atoms with Gasteiger partial charge in [0.1, 0.15) is 0 Å². The highest BCUT2D eigenvalue weighted by molar-refractivity contribution is 7.89. The predicted molar refractivity (Wildman–Crippen MR) is 98.6 cm³/mol. The fraction of sp³-hybridized carbons (Fsp3) is 0.235. The average molecular weight is 396 g/mol. The van der Waals surface area contributed by atoms with Crippen LogP contribution in [0.3, 0.4) is 0 Å². The molecule has 0 bridgehead atoms. The lowest BCUT2D eigenvalue weighted by Crippen LogP contribution is -2.48. The van der Waals surface area contributed by atoms with Gasteiger partial charge in [-0.2, -0.15) is 9.57 Å². The minimum Gasteiger partial charge on any atom is -0.369 e. The number of benzene rings is 2. The van der Waals surface area contributed by atoms with E-state index < -0.39 is 10.0 Å². The van der Waals surface area contributed by atoms with Crippen LogP contribution in [-0.2, 0) is 10.0 Å². The first-order valence-corrected chi connectivity index (χ1v) is 9.82. The van der Waals surface area contributed by atoms with Crippen LogP contribution in [0.25, 0.3) is 0 Å². The fourth-order valence-corrected chi connectivity index (χ4v) is 4.53. The standard InChI is InChI=1S/C17H15Cl2N3O2S/c18-16-6-5-15(11-17(16)19)25(23,24)22-9-7-21(8-10-22)14-3-1-13(12-20)2-4-14/h1-6,11H,7-10H2. The minimum absolute atomic E-state index is 0.147. The first kappa shape index (κ1) is 18.0. The molecule has 0 unspecified atom stereocenters. The molecule has 25 heavy (non-hydrogen) atoms. The predicted octanol–water partition coefficient (Wildman–Crippen LogP) is 3.38. The topological polar surface area (TPSA) is 64.4 Å². The Kier molecular flexibility index (Phi) is 5.21. The lowest BCUT2D eigenvalue weighted by molar-refractivity contribution is 0.385. The highest BCUT2D eigenvalue weighted by Gasteiger charge is 2.29. The highest BCUT2D eigenvalue weighted by atomic mass is 35.5. The zero-order valence-corrected chi connectivity index (χ0v) is 15.5. The Morgan fingerprint density at radius 2 is 1.56 bits per heavy atom. The molecule has 0 radical (unpaired) electrons. The Hall–Kier alpha value is -1.78. The Morgan fingerprint density at radius 1 is 0.920 bits per heavy atom. The van der Waals surface area contributed by atoms with Gasteiger partial charge in [0.05, 0.1) is 26.6 Å². The maximum atomic E-state index is 12.7. The molecule has 1 fully saturated rings. The summed E-state index contributed by atoms with van der Waals surface area (Å²) in [5, 5.41) is 9.40. The Labute approximate surface area is 157 Å². The summed E-state index contributed by atoms with van der Waals surface area (Å²) in [6.07, 6.45) is 0. The largest absolute Gasteiger partial charge is 0.369 e. The summed E-state index contributed by atoms with van der Waals surface area (Å²) in [6.45, 7) is 1.91. The van der Waals surface area contributed by atoms with Crippen molar-refractivity contribution in [2.24, 2.45) is 0 Å². The third-order valence-electron chi connectivity index (χ3n) is 4.13. The summed E-state index contributed by atoms with van der Waals surface area (Å²) in [6, 6.07) is 13.7. The molecule has 1 aliphatic rings. The molecular weight excluding hydrogens is 381 g/mol. The van der Waals surface area contributed by atoms with Gasteiger partial charge < -0.3 is 4.90 Å². The van der Waals surface area contributed by atoms with Crippen LogP contribution in [0.4, 0.5) is 5.69 Å². The summed E-state index contributed by atoms with van der Waals surface area (Å²) >= 11 is 11.8. The van der Waals surface area contributed by atoms with E-state index >= 15 is 0 Å². The van der Waals surface area contributed by atoms with E-state index in [1.807, 2.05) is 12.1 Å². The number of nitrogens with zero attached hydrogens (tertiary/aromatic N) is 3. The van der Waals surface area contributed by atoms with E-state index in [9.17, 15) is 8.42 Å². The van der Waals surface area contributed by atoms with Crippen molar-refractivity contribution in [3.8, 4) is 6.07 Å². The van der Waals surface area contributed by atoms with Gasteiger partial charge in [-0.25, -0.2) is 8.42 Å². The van der Waals surface area contributed by atoms with Gasteiger partial charge in [0.15, 0.2) is 0 Å². The van der Waals surface area contributed by atoms with E-state index in [1.54, 1.807) is 12.1 Å². The van der Waals surface area contributed by atoms with Crippen molar-refractivity contribution < 1.29 is 8.42 Å². The Bertz CT molecular complexity index is 916. The van der Waals surface area contributed by atoms with Gasteiger partial charge in [-0.05, 0) is 42.5 Å². The third kappa shape index (κ3) is 3.75. The van der Waals surface area contributed by atoms with Gasteiger partial charge in [-0.1, -0.05) is 23.2 Å². The summed E-state index contributed by atoms with van der Waals surface area (Å²) in [5.41, 5.74) is 1.58. The number of halogens is 2. The van der Waals surface area contributed by atoms with E-state index in [0.717, 1.165) is 5.69 Å². The quantitative estimate of drug-likeness (QED) is 0.798. The van der Waals surface area contributed by atoms with Crippen LogP contribution in [0.2, 0.25) is 10.0 Å². The summed E-state index contributed by atoms with van der Waals surface area (Å²) in [7, 11) is -3.60. The number of hydrogen-bond acceptors (Lipinski definition) is 4. The Balaban J connectivity index is 1.72. The molecule has 2 aromatic rings. The first-order chi connectivity index (χ1) is 11.9. The van der Waals surface area contributed by atoms with Crippen molar-refractivity contribution in [3.05, 3.63) is 58.1 Å². The van der Waals surface area contributed by atoms with Crippen molar-refractivity contribution in [1.82, 2.24) is 4.31 Å². The molecule has 2 aromatic carbocycles. The molecule has 0 spiro atoms. The van der Waals surface area contributed by atoms with Gasteiger partial charge in [0, 0.05) is 31.9 Å². The molecule has 0 aliphatic carbocycles. The highest BCUT2D eigenvalue weighted by Crippen LogP contribution is 2.27. The maximum absolute atomic E-state index is 12.7. The molecule has 8 heteroatoms. The van der Waals surface area contributed by atoms with Crippen molar-refractivity contribution in [2.75, 3.05) is 31.1 Å². The minimum atomic E-state index is -3.60. The van der Waals surface area contributed by atoms with E-state index in [4.69, 9.17) is 28.5 Å². The number of anilines is 1. The van der Waals surface area contributed by atoms with E-state index in [-0.39, 0.29) is 9.92 Å². The molecular formula is C17H15Cl2N3O2S. The van der Waals surface area contributed by atoms with E-state index in [0.29, 0.717) is 36.8 Å². The molecule has 1 heterocycles. The molecule has 1 aliphatic heterocycles. The zero-order chi connectivity index (χ0) is 18.0. The third-order valence-corrected chi connectivity index (χ3v) is 6.76. The molecule has 3 rings (SSSR count). The second kappa shape index (κ2) is 7.22. The van der Waals surface area contributed by atoms with Gasteiger partial charge in [0.2, 0.25) is 10.0 Å². The Morgan fingerprint density at radius 3 is 2.12 bits per heavy atom. The summed E-state index contributed by atoms with van der Waals surface area (Å²) in [4.78, 5) is 2.25. The smallest absolute Gasteiger partial charge is 0.243 e. The number of hydrogen-bond donors (Lipinski definition) is 0. The molecule has 0 N–H and O–H groups in total. The van der Waals surface area contributed by atoms with Crippen molar-refractivity contribution in [3.63, 3.8) is 0 Å². The maximum Gasteiger partial charge on any atom is 0.243 e. The van der Waals surface area contributed by atoms with E-state index in [2.05, 4.69) is 11.0 Å². The van der Waals surface area contributed by atoms with Crippen LogP contribution in [-0.4, -0.2) is 38.9 Å². The molecule has 5 nitrogen and oxygen atoms in total. The van der Waals surface area contributed by atoms with Crippen LogP contribution in [0, 0.1) is 11.3 Å². The van der Waals surface area contributed by atoms with Crippen LogP contribution < -0.4 is 4.90 Å². The van der Waals surface area contributed by atoms with Crippen molar-refractivity contribution in [1.29, 1.82) is 5.26 Å². The average Bonchev–Trinajstić information content (AvgIpc) is 2.64. The molecule has 1 saturated heterocycles. The van der Waals surface area contributed by atoms with Crippen LogP contribution in [0.15, 0.2) is 47.4 Å². The molecule has 0 aromatic heterocycles. The van der Waals surface area contributed by atoms with Gasteiger partial charge in [0.25, 0.3) is 0 Å². The lowest BCUT2D eigenvalue weighted by atomic mass is 10.2. The molecule has 0 saturated carbocycles. The second-order valence-corrected chi connectivity index (χ2v) is 8.38. The first-order valence-electron chi connectivity index (χ1n) is 7.62. The van der Waals surface area contributed by atoms with Crippen molar-refractivity contribution in [2.45, 2.75) is 4.90 Å². The van der Waals surface area contributed by atoms with Crippen LogP contribution in [0.5, 0.6) is 0 Å². The molecule has 130 valence electrons. The van der Waals surface area contributed by atoms with E-state index in [1.165, 1.54) is 22.5 Å².